The number of amides is 2. The Morgan fingerprint density at radius 2 is 1.43 bits per heavy atom. The number of aromatic hydroxyl groups is 1. The summed E-state index contributed by atoms with van der Waals surface area (Å²) in [6.45, 7) is 2.39. The number of fused-ring (bicyclic) bond motifs is 1. The maximum Gasteiger partial charge on any atom is 0.261 e. The standard InChI is InChI=1S/C24H21NO3/c1-16-7-2-3-9-19(16)17-12-13-22(26)18(15-17)8-6-14-25-23(27)20-10-4-5-11-21(20)24(25)28/h2-5,7,9-13,15,26H,6,8,14H2,1H3. The van der Waals surface area contributed by atoms with Crippen LogP contribution in [0.2, 0.25) is 0 Å². The van der Waals surface area contributed by atoms with Crippen LogP contribution in [0.4, 0.5) is 0 Å². The molecule has 4 heteroatoms. The van der Waals surface area contributed by atoms with Crippen LogP contribution < -0.4 is 0 Å². The van der Waals surface area contributed by atoms with Gasteiger partial charge in [0.2, 0.25) is 0 Å². The number of nitrogens with zero attached hydrogens (tertiary/aromatic N) is 1. The van der Waals surface area contributed by atoms with Crippen LogP contribution in [0.3, 0.4) is 0 Å². The molecule has 4 rings (SSSR count). The Labute approximate surface area is 164 Å². The first-order valence-corrected chi connectivity index (χ1v) is 9.39. The molecule has 4 nitrogen and oxygen atoms in total. The molecule has 1 aliphatic rings. The topological polar surface area (TPSA) is 57.6 Å². The summed E-state index contributed by atoms with van der Waals surface area (Å²) in [5.74, 6) is -0.239. The third-order valence-corrected chi connectivity index (χ3v) is 5.24. The van der Waals surface area contributed by atoms with Crippen LogP contribution in [0.25, 0.3) is 11.1 Å². The van der Waals surface area contributed by atoms with Gasteiger partial charge < -0.3 is 5.11 Å². The first-order chi connectivity index (χ1) is 13.6. The lowest BCUT2D eigenvalue weighted by Gasteiger charge is -2.14. The Morgan fingerprint density at radius 3 is 2.07 bits per heavy atom. The average molecular weight is 371 g/mol. The Morgan fingerprint density at radius 1 is 0.821 bits per heavy atom. The third-order valence-electron chi connectivity index (χ3n) is 5.24. The smallest absolute Gasteiger partial charge is 0.261 e. The molecule has 0 spiro atoms. The predicted octanol–water partition coefficient (Wildman–Crippen LogP) is 4.60. The van der Waals surface area contributed by atoms with Crippen LogP contribution in [-0.4, -0.2) is 28.4 Å². The van der Waals surface area contributed by atoms with Gasteiger partial charge >= 0.3 is 0 Å². The lowest BCUT2D eigenvalue weighted by atomic mass is 9.97. The monoisotopic (exact) mass is 371 g/mol. The number of aryl methyl sites for hydroxylation is 2. The second-order valence-electron chi connectivity index (χ2n) is 7.07. The molecule has 1 N–H and O–H groups in total. The number of hydrogen-bond donors (Lipinski definition) is 1. The Bertz CT molecular complexity index is 1040. The highest BCUT2D eigenvalue weighted by atomic mass is 16.3. The van der Waals surface area contributed by atoms with Crippen molar-refractivity contribution in [1.29, 1.82) is 0 Å². The Kier molecular flexibility index (Phi) is 4.70. The largest absolute Gasteiger partial charge is 0.508 e. The van der Waals surface area contributed by atoms with Crippen LogP contribution in [0.5, 0.6) is 5.75 Å². The van der Waals surface area contributed by atoms with Crippen molar-refractivity contribution in [2.75, 3.05) is 6.54 Å². The van der Waals surface area contributed by atoms with Gasteiger partial charge in [0.25, 0.3) is 11.8 Å². The lowest BCUT2D eigenvalue weighted by molar-refractivity contribution is 0.0652. The second-order valence-corrected chi connectivity index (χ2v) is 7.07. The van der Waals surface area contributed by atoms with E-state index in [1.807, 2.05) is 24.3 Å². The number of rotatable bonds is 5. The van der Waals surface area contributed by atoms with Crippen LogP contribution in [0, 0.1) is 6.92 Å². The molecule has 0 fully saturated rings. The molecule has 2 amide bonds. The number of carbonyl (C=O) groups is 2. The van der Waals surface area contributed by atoms with E-state index in [9.17, 15) is 14.7 Å². The van der Waals surface area contributed by atoms with Crippen LogP contribution in [-0.2, 0) is 6.42 Å². The highest BCUT2D eigenvalue weighted by Gasteiger charge is 2.34. The van der Waals surface area contributed by atoms with E-state index in [4.69, 9.17) is 0 Å². The van der Waals surface area contributed by atoms with Gasteiger partial charge in [-0.3, -0.25) is 14.5 Å². The summed E-state index contributed by atoms with van der Waals surface area (Å²) >= 11 is 0. The third kappa shape index (κ3) is 3.18. The second kappa shape index (κ2) is 7.31. The van der Waals surface area contributed by atoms with Crippen molar-refractivity contribution < 1.29 is 14.7 Å². The molecule has 0 radical (unpaired) electrons. The van der Waals surface area contributed by atoms with E-state index < -0.39 is 0 Å². The van der Waals surface area contributed by atoms with Crippen molar-refractivity contribution in [3.63, 3.8) is 0 Å². The van der Waals surface area contributed by atoms with Gasteiger partial charge in [-0.2, -0.15) is 0 Å². The summed E-state index contributed by atoms with van der Waals surface area (Å²) < 4.78 is 0. The fourth-order valence-electron chi connectivity index (χ4n) is 3.72. The molecule has 1 heterocycles. The highest BCUT2D eigenvalue weighted by molar-refractivity contribution is 6.21. The van der Waals surface area contributed by atoms with E-state index in [1.54, 1.807) is 30.3 Å². The van der Waals surface area contributed by atoms with Gasteiger partial charge in [-0.15, -0.1) is 0 Å². The molecule has 0 unspecified atom stereocenters. The van der Waals surface area contributed by atoms with E-state index in [1.165, 1.54) is 10.5 Å². The summed E-state index contributed by atoms with van der Waals surface area (Å²) in [5, 5.41) is 10.2. The number of phenols is 1. The van der Waals surface area contributed by atoms with Gasteiger partial charge in [0.15, 0.2) is 0 Å². The molecule has 0 bridgehead atoms. The Hall–Kier alpha value is -3.40. The molecule has 0 saturated heterocycles. The van der Waals surface area contributed by atoms with Crippen LogP contribution >= 0.6 is 0 Å². The van der Waals surface area contributed by atoms with Gasteiger partial charge in [0.1, 0.15) is 5.75 Å². The van der Waals surface area contributed by atoms with Gasteiger partial charge in [-0.05, 0) is 66.3 Å². The van der Waals surface area contributed by atoms with Crippen molar-refractivity contribution in [1.82, 2.24) is 4.90 Å². The molecule has 0 aliphatic carbocycles. The molecule has 1 aliphatic heterocycles. The van der Waals surface area contributed by atoms with E-state index in [2.05, 4.69) is 19.1 Å². The molecular formula is C24H21NO3. The van der Waals surface area contributed by atoms with Crippen LogP contribution in [0.1, 0.15) is 38.3 Å². The minimum atomic E-state index is -0.238. The summed E-state index contributed by atoms with van der Waals surface area (Å²) in [6, 6.07) is 20.6. The molecule has 0 aromatic heterocycles. The first-order valence-electron chi connectivity index (χ1n) is 9.39. The summed E-state index contributed by atoms with van der Waals surface area (Å²) in [7, 11) is 0. The summed E-state index contributed by atoms with van der Waals surface area (Å²) in [4.78, 5) is 26.2. The van der Waals surface area contributed by atoms with Crippen molar-refractivity contribution in [2.45, 2.75) is 19.8 Å². The van der Waals surface area contributed by atoms with Crippen molar-refractivity contribution in [3.8, 4) is 16.9 Å². The zero-order valence-corrected chi connectivity index (χ0v) is 15.7. The number of imide groups is 1. The summed E-state index contributed by atoms with van der Waals surface area (Å²) in [6.07, 6.45) is 1.18. The van der Waals surface area contributed by atoms with E-state index in [-0.39, 0.29) is 17.6 Å². The number of benzene rings is 3. The average Bonchev–Trinajstić information content (AvgIpc) is 2.95. The van der Waals surface area contributed by atoms with Crippen LogP contribution in [0.15, 0.2) is 66.7 Å². The normalized spacial score (nSPS) is 13.1. The molecule has 0 atom stereocenters. The maximum absolute atomic E-state index is 12.4. The number of carbonyl (C=O) groups excluding carboxylic acids is 2. The van der Waals surface area contributed by atoms with Gasteiger partial charge in [0.05, 0.1) is 11.1 Å². The van der Waals surface area contributed by atoms with E-state index >= 15 is 0 Å². The minimum absolute atomic E-state index is 0.236. The molecule has 3 aromatic rings. The van der Waals surface area contributed by atoms with Crippen molar-refractivity contribution in [3.05, 3.63) is 89.0 Å². The zero-order valence-electron chi connectivity index (χ0n) is 15.7. The lowest BCUT2D eigenvalue weighted by Crippen LogP contribution is -2.30. The Balaban J connectivity index is 1.48. The molecule has 0 saturated carbocycles. The van der Waals surface area contributed by atoms with E-state index in [0.717, 1.165) is 16.7 Å². The van der Waals surface area contributed by atoms with Gasteiger partial charge in [-0.1, -0.05) is 42.5 Å². The molecule has 28 heavy (non-hydrogen) atoms. The van der Waals surface area contributed by atoms with Gasteiger partial charge in [0, 0.05) is 6.54 Å². The molecular weight excluding hydrogens is 350 g/mol. The quantitative estimate of drug-likeness (QED) is 0.667. The SMILES string of the molecule is Cc1ccccc1-c1ccc(O)c(CCCN2C(=O)c3ccccc3C2=O)c1. The maximum atomic E-state index is 12.4. The van der Waals surface area contributed by atoms with Crippen molar-refractivity contribution in [2.24, 2.45) is 0 Å². The fraction of sp³-hybridized carbons (Fsp3) is 0.167. The van der Waals surface area contributed by atoms with Crippen molar-refractivity contribution >= 4 is 11.8 Å². The van der Waals surface area contributed by atoms with Gasteiger partial charge in [-0.25, -0.2) is 0 Å². The zero-order chi connectivity index (χ0) is 19.7. The first kappa shape index (κ1) is 18.0. The number of hydrogen-bond acceptors (Lipinski definition) is 3. The molecule has 140 valence electrons. The van der Waals surface area contributed by atoms with E-state index in [0.29, 0.717) is 30.5 Å². The number of phenolic OH excluding ortho intramolecular Hbond substituents is 1. The fourth-order valence-corrected chi connectivity index (χ4v) is 3.72. The minimum Gasteiger partial charge on any atom is -0.508 e. The highest BCUT2D eigenvalue weighted by Crippen LogP contribution is 2.29. The summed E-state index contributed by atoms with van der Waals surface area (Å²) in [5.41, 5.74) is 5.10. The molecule has 3 aromatic carbocycles. The predicted molar refractivity (Wildman–Crippen MR) is 108 cm³/mol.